The molecule has 1 atom stereocenters. The minimum atomic E-state index is -0.320. The van der Waals surface area contributed by atoms with Crippen LogP contribution in [-0.4, -0.2) is 7.11 Å². The van der Waals surface area contributed by atoms with Crippen molar-refractivity contribution in [3.63, 3.8) is 0 Å². The normalized spacial score (nSPS) is 14.2. The van der Waals surface area contributed by atoms with Gasteiger partial charge >= 0.3 is 0 Å². The maximum Gasteiger partial charge on any atom is 0.118 e. The highest BCUT2D eigenvalue weighted by Gasteiger charge is 2.22. The summed E-state index contributed by atoms with van der Waals surface area (Å²) in [6.07, 6.45) is 0.827. The predicted octanol–water partition coefficient (Wildman–Crippen LogP) is 3.48. The van der Waals surface area contributed by atoms with Crippen LogP contribution < -0.4 is 10.5 Å². The molecule has 2 rings (SSSR count). The highest BCUT2D eigenvalue weighted by atomic mass is 32.1. The van der Waals surface area contributed by atoms with Gasteiger partial charge in [0.1, 0.15) is 5.75 Å². The zero-order valence-electron chi connectivity index (χ0n) is 11.1. The van der Waals surface area contributed by atoms with Crippen LogP contribution in [-0.2, 0) is 12.0 Å². The second-order valence-electron chi connectivity index (χ2n) is 4.89. The molecule has 0 amide bonds. The van der Waals surface area contributed by atoms with Gasteiger partial charge < -0.3 is 10.5 Å². The molecule has 1 aromatic carbocycles. The zero-order chi connectivity index (χ0) is 13.2. The molecule has 0 radical (unpaired) electrons. The van der Waals surface area contributed by atoms with Crippen molar-refractivity contribution in [2.45, 2.75) is 25.8 Å². The van der Waals surface area contributed by atoms with E-state index in [2.05, 4.69) is 37.4 Å². The lowest BCUT2D eigenvalue weighted by Crippen LogP contribution is -2.34. The summed E-state index contributed by atoms with van der Waals surface area (Å²) in [6, 6.07) is 10.3. The number of benzene rings is 1. The van der Waals surface area contributed by atoms with E-state index in [1.54, 1.807) is 18.4 Å². The Bertz CT molecular complexity index is 514. The van der Waals surface area contributed by atoms with Gasteiger partial charge in [0, 0.05) is 10.4 Å². The molecule has 0 bridgehead atoms. The number of aryl methyl sites for hydroxylation is 1. The molecule has 3 heteroatoms. The molecule has 18 heavy (non-hydrogen) atoms. The van der Waals surface area contributed by atoms with Crippen molar-refractivity contribution >= 4 is 11.3 Å². The molecule has 0 spiro atoms. The first-order chi connectivity index (χ1) is 8.51. The Morgan fingerprint density at radius 1 is 1.28 bits per heavy atom. The summed E-state index contributed by atoms with van der Waals surface area (Å²) in [6.45, 7) is 4.19. The summed E-state index contributed by atoms with van der Waals surface area (Å²) in [5.41, 5.74) is 8.54. The number of ether oxygens (including phenoxy) is 1. The van der Waals surface area contributed by atoms with Gasteiger partial charge in [0.05, 0.1) is 7.11 Å². The number of methoxy groups -OCH3 is 1. The third kappa shape index (κ3) is 2.92. The average Bonchev–Trinajstić information content (AvgIpc) is 2.77. The van der Waals surface area contributed by atoms with E-state index in [9.17, 15) is 0 Å². The molecule has 96 valence electrons. The lowest BCUT2D eigenvalue weighted by atomic mass is 9.88. The van der Waals surface area contributed by atoms with E-state index in [1.807, 2.05) is 12.1 Å². The van der Waals surface area contributed by atoms with Crippen molar-refractivity contribution in [1.29, 1.82) is 0 Å². The van der Waals surface area contributed by atoms with Crippen LogP contribution in [0.3, 0.4) is 0 Å². The average molecular weight is 261 g/mol. The summed E-state index contributed by atoms with van der Waals surface area (Å²) in [5.74, 6) is 0.879. The summed E-state index contributed by atoms with van der Waals surface area (Å²) < 4.78 is 5.16. The number of hydrogen-bond acceptors (Lipinski definition) is 3. The molecular weight excluding hydrogens is 242 g/mol. The van der Waals surface area contributed by atoms with Crippen molar-refractivity contribution in [2.75, 3.05) is 7.11 Å². The van der Waals surface area contributed by atoms with Crippen LogP contribution in [0.1, 0.15) is 22.9 Å². The molecule has 2 aromatic rings. The minimum absolute atomic E-state index is 0.320. The lowest BCUT2D eigenvalue weighted by Gasteiger charge is -2.24. The van der Waals surface area contributed by atoms with Gasteiger partial charge in [-0.3, -0.25) is 0 Å². The van der Waals surface area contributed by atoms with Crippen molar-refractivity contribution in [3.8, 4) is 5.75 Å². The molecule has 2 N–H and O–H groups in total. The predicted molar refractivity (Wildman–Crippen MR) is 77.3 cm³/mol. The van der Waals surface area contributed by atoms with Crippen LogP contribution in [0, 0.1) is 6.92 Å². The standard InChI is InChI=1S/C15H19NOS/c1-11-8-13(10-18-11)15(2,16)9-12-4-6-14(17-3)7-5-12/h4-8,10H,9,16H2,1-3H3. The molecule has 1 aromatic heterocycles. The summed E-state index contributed by atoms with van der Waals surface area (Å²) in [5, 5.41) is 2.15. The Hall–Kier alpha value is -1.32. The maximum atomic E-state index is 6.43. The smallest absolute Gasteiger partial charge is 0.118 e. The molecule has 1 unspecified atom stereocenters. The molecule has 0 saturated carbocycles. The molecule has 0 aliphatic carbocycles. The second-order valence-corrected chi connectivity index (χ2v) is 6.00. The number of rotatable bonds is 4. The highest BCUT2D eigenvalue weighted by Crippen LogP contribution is 2.27. The van der Waals surface area contributed by atoms with Crippen LogP contribution in [0.4, 0.5) is 0 Å². The first kappa shape index (κ1) is 13.1. The van der Waals surface area contributed by atoms with E-state index >= 15 is 0 Å². The quantitative estimate of drug-likeness (QED) is 0.914. The number of thiophene rings is 1. The van der Waals surface area contributed by atoms with Gasteiger partial charge in [0.2, 0.25) is 0 Å². The van der Waals surface area contributed by atoms with E-state index in [1.165, 1.54) is 16.0 Å². The first-order valence-electron chi connectivity index (χ1n) is 5.99. The van der Waals surface area contributed by atoms with E-state index in [0.29, 0.717) is 0 Å². The second kappa shape index (κ2) is 5.12. The van der Waals surface area contributed by atoms with Gasteiger partial charge in [0.15, 0.2) is 0 Å². The van der Waals surface area contributed by atoms with Crippen LogP contribution >= 0.6 is 11.3 Å². The fraction of sp³-hybridized carbons (Fsp3) is 0.333. The summed E-state index contributed by atoms with van der Waals surface area (Å²) >= 11 is 1.75. The van der Waals surface area contributed by atoms with Gasteiger partial charge in [-0.25, -0.2) is 0 Å². The van der Waals surface area contributed by atoms with Crippen molar-refractivity contribution in [3.05, 3.63) is 51.7 Å². The van der Waals surface area contributed by atoms with Crippen LogP contribution in [0.2, 0.25) is 0 Å². The lowest BCUT2D eigenvalue weighted by molar-refractivity contribution is 0.414. The van der Waals surface area contributed by atoms with Crippen molar-refractivity contribution in [2.24, 2.45) is 5.73 Å². The Morgan fingerprint density at radius 3 is 2.44 bits per heavy atom. The SMILES string of the molecule is COc1ccc(CC(C)(N)c2csc(C)c2)cc1. The monoisotopic (exact) mass is 261 g/mol. The molecule has 0 fully saturated rings. The fourth-order valence-corrected chi connectivity index (χ4v) is 2.86. The third-order valence-electron chi connectivity index (χ3n) is 3.12. The molecule has 2 nitrogen and oxygen atoms in total. The van der Waals surface area contributed by atoms with Gasteiger partial charge in [-0.05, 0) is 55.0 Å². The summed E-state index contributed by atoms with van der Waals surface area (Å²) in [7, 11) is 1.68. The number of hydrogen-bond donors (Lipinski definition) is 1. The molecule has 0 aliphatic rings. The first-order valence-corrected chi connectivity index (χ1v) is 6.87. The van der Waals surface area contributed by atoms with E-state index in [0.717, 1.165) is 12.2 Å². The molecule has 0 saturated heterocycles. The Labute approximate surface area is 112 Å². The minimum Gasteiger partial charge on any atom is -0.497 e. The van der Waals surface area contributed by atoms with Gasteiger partial charge in [-0.2, -0.15) is 0 Å². The zero-order valence-corrected chi connectivity index (χ0v) is 11.9. The third-order valence-corrected chi connectivity index (χ3v) is 3.98. The van der Waals surface area contributed by atoms with Crippen molar-refractivity contribution < 1.29 is 4.74 Å². The fourth-order valence-electron chi connectivity index (χ4n) is 2.01. The van der Waals surface area contributed by atoms with Gasteiger partial charge in [-0.15, -0.1) is 11.3 Å². The van der Waals surface area contributed by atoms with Gasteiger partial charge in [-0.1, -0.05) is 12.1 Å². The number of nitrogens with two attached hydrogens (primary N) is 1. The van der Waals surface area contributed by atoms with E-state index < -0.39 is 0 Å². The summed E-state index contributed by atoms with van der Waals surface area (Å²) in [4.78, 5) is 1.30. The Kier molecular flexibility index (Phi) is 3.73. The van der Waals surface area contributed by atoms with Crippen LogP contribution in [0.15, 0.2) is 35.7 Å². The molecule has 0 aliphatic heterocycles. The van der Waals surface area contributed by atoms with E-state index in [4.69, 9.17) is 10.5 Å². The van der Waals surface area contributed by atoms with Crippen LogP contribution in [0.25, 0.3) is 0 Å². The van der Waals surface area contributed by atoms with Gasteiger partial charge in [0.25, 0.3) is 0 Å². The highest BCUT2D eigenvalue weighted by molar-refractivity contribution is 7.10. The Morgan fingerprint density at radius 2 is 1.94 bits per heavy atom. The maximum absolute atomic E-state index is 6.43. The topological polar surface area (TPSA) is 35.2 Å². The molecule has 1 heterocycles. The van der Waals surface area contributed by atoms with E-state index in [-0.39, 0.29) is 5.54 Å². The van der Waals surface area contributed by atoms with Crippen molar-refractivity contribution in [1.82, 2.24) is 0 Å². The largest absolute Gasteiger partial charge is 0.497 e. The Balaban J connectivity index is 2.16. The molecular formula is C15H19NOS. The van der Waals surface area contributed by atoms with Crippen LogP contribution in [0.5, 0.6) is 5.75 Å².